The van der Waals surface area contributed by atoms with Gasteiger partial charge in [0, 0.05) is 38.4 Å². The standard InChI is InChI=1S/C21H15Cl4NO3/c22-14-3-6-20(29-11-12-1-2-15(23)8-19(12)25)13(7-14)10-26-16-4-5-18(24)17(9-16)21(27)28/h1-9,26H,10-11H2,(H,27,28). The number of carboxylic acids is 1. The molecule has 2 N–H and O–H groups in total. The molecule has 0 atom stereocenters. The highest BCUT2D eigenvalue weighted by Gasteiger charge is 2.11. The number of rotatable bonds is 7. The molecule has 0 fully saturated rings. The number of aromatic carboxylic acids is 1. The summed E-state index contributed by atoms with van der Waals surface area (Å²) >= 11 is 24.2. The van der Waals surface area contributed by atoms with E-state index < -0.39 is 5.97 Å². The fourth-order valence-electron chi connectivity index (χ4n) is 2.62. The van der Waals surface area contributed by atoms with Crippen molar-refractivity contribution in [3.05, 3.63) is 91.4 Å². The minimum Gasteiger partial charge on any atom is -0.488 e. The van der Waals surface area contributed by atoms with E-state index in [1.54, 1.807) is 42.5 Å². The maximum absolute atomic E-state index is 11.2. The zero-order valence-corrected chi connectivity index (χ0v) is 17.9. The summed E-state index contributed by atoms with van der Waals surface area (Å²) in [4.78, 5) is 11.2. The molecule has 0 aliphatic carbocycles. The largest absolute Gasteiger partial charge is 0.488 e. The molecule has 0 heterocycles. The summed E-state index contributed by atoms with van der Waals surface area (Å²) in [5, 5.41) is 14.2. The summed E-state index contributed by atoms with van der Waals surface area (Å²) in [7, 11) is 0. The van der Waals surface area contributed by atoms with Crippen molar-refractivity contribution in [3.63, 3.8) is 0 Å². The van der Waals surface area contributed by atoms with Crippen molar-refractivity contribution in [1.82, 2.24) is 0 Å². The molecule has 150 valence electrons. The van der Waals surface area contributed by atoms with Gasteiger partial charge in [-0.05, 0) is 48.5 Å². The van der Waals surface area contributed by atoms with Crippen LogP contribution >= 0.6 is 46.4 Å². The van der Waals surface area contributed by atoms with Crippen molar-refractivity contribution in [3.8, 4) is 5.75 Å². The van der Waals surface area contributed by atoms with Crippen molar-refractivity contribution in [2.45, 2.75) is 13.2 Å². The molecule has 0 saturated heterocycles. The molecule has 3 aromatic carbocycles. The third kappa shape index (κ3) is 5.71. The van der Waals surface area contributed by atoms with E-state index in [-0.39, 0.29) is 17.2 Å². The molecule has 0 unspecified atom stereocenters. The zero-order valence-electron chi connectivity index (χ0n) is 14.9. The van der Waals surface area contributed by atoms with E-state index in [0.717, 1.165) is 11.1 Å². The smallest absolute Gasteiger partial charge is 0.337 e. The van der Waals surface area contributed by atoms with Gasteiger partial charge in [-0.3, -0.25) is 0 Å². The van der Waals surface area contributed by atoms with Crippen LogP contribution in [0.3, 0.4) is 0 Å². The van der Waals surface area contributed by atoms with E-state index in [1.165, 1.54) is 12.1 Å². The van der Waals surface area contributed by atoms with E-state index in [2.05, 4.69) is 5.32 Å². The molecule has 0 spiro atoms. The number of halogens is 4. The Balaban J connectivity index is 1.75. The van der Waals surface area contributed by atoms with E-state index in [9.17, 15) is 9.90 Å². The lowest BCUT2D eigenvalue weighted by Crippen LogP contribution is -2.05. The van der Waals surface area contributed by atoms with Crippen molar-refractivity contribution >= 4 is 58.1 Å². The summed E-state index contributed by atoms with van der Waals surface area (Å²) in [5.74, 6) is -0.467. The van der Waals surface area contributed by atoms with Crippen LogP contribution in [0.25, 0.3) is 0 Å². The Bertz CT molecular complexity index is 1060. The quantitative estimate of drug-likeness (QED) is 0.383. The molecule has 29 heavy (non-hydrogen) atoms. The highest BCUT2D eigenvalue weighted by molar-refractivity contribution is 6.35. The minimum atomic E-state index is -1.09. The fourth-order valence-corrected chi connectivity index (χ4v) is 3.47. The van der Waals surface area contributed by atoms with Crippen LogP contribution in [-0.4, -0.2) is 11.1 Å². The van der Waals surface area contributed by atoms with Crippen LogP contribution in [0, 0.1) is 0 Å². The topological polar surface area (TPSA) is 58.6 Å². The second-order valence-electron chi connectivity index (χ2n) is 6.13. The molecule has 3 rings (SSSR count). The van der Waals surface area contributed by atoms with Gasteiger partial charge in [0.2, 0.25) is 0 Å². The lowest BCUT2D eigenvalue weighted by molar-refractivity contribution is 0.0697. The Hall–Kier alpha value is -2.11. The van der Waals surface area contributed by atoms with Gasteiger partial charge in [-0.15, -0.1) is 0 Å². The molecule has 4 nitrogen and oxygen atoms in total. The summed E-state index contributed by atoms with van der Waals surface area (Å²) in [6.45, 7) is 0.625. The van der Waals surface area contributed by atoms with Gasteiger partial charge in [0.05, 0.1) is 10.6 Å². The molecule has 0 radical (unpaired) electrons. The number of hydrogen-bond acceptors (Lipinski definition) is 3. The average Bonchev–Trinajstić information content (AvgIpc) is 2.67. The molecule has 0 aromatic heterocycles. The predicted octanol–water partition coefficient (Wildman–Crippen LogP) is 7.19. The molecule has 0 saturated carbocycles. The summed E-state index contributed by atoms with van der Waals surface area (Å²) < 4.78 is 5.93. The van der Waals surface area contributed by atoms with Crippen molar-refractivity contribution in [1.29, 1.82) is 0 Å². The van der Waals surface area contributed by atoms with Gasteiger partial charge in [0.25, 0.3) is 0 Å². The molecular weight excluding hydrogens is 456 g/mol. The van der Waals surface area contributed by atoms with Crippen LogP contribution in [0.1, 0.15) is 21.5 Å². The second-order valence-corrected chi connectivity index (χ2v) is 7.82. The third-order valence-electron chi connectivity index (χ3n) is 4.10. The van der Waals surface area contributed by atoms with Gasteiger partial charge in [0.1, 0.15) is 12.4 Å². The van der Waals surface area contributed by atoms with Crippen molar-refractivity contribution < 1.29 is 14.6 Å². The minimum absolute atomic E-state index is 0.0246. The van der Waals surface area contributed by atoms with Crippen LogP contribution in [0.5, 0.6) is 5.75 Å². The highest BCUT2D eigenvalue weighted by Crippen LogP contribution is 2.28. The first-order chi connectivity index (χ1) is 13.8. The summed E-state index contributed by atoms with van der Waals surface area (Å²) in [5.41, 5.74) is 2.23. The van der Waals surface area contributed by atoms with Crippen LogP contribution < -0.4 is 10.1 Å². The van der Waals surface area contributed by atoms with Gasteiger partial charge in [0.15, 0.2) is 0 Å². The Morgan fingerprint density at radius 1 is 0.862 bits per heavy atom. The Morgan fingerprint density at radius 3 is 2.31 bits per heavy atom. The Labute approximate surface area is 187 Å². The van der Waals surface area contributed by atoms with Crippen LogP contribution in [-0.2, 0) is 13.2 Å². The number of ether oxygens (including phenoxy) is 1. The van der Waals surface area contributed by atoms with E-state index >= 15 is 0 Å². The highest BCUT2D eigenvalue weighted by atomic mass is 35.5. The zero-order chi connectivity index (χ0) is 21.0. The van der Waals surface area contributed by atoms with Gasteiger partial charge < -0.3 is 15.2 Å². The summed E-state index contributed by atoms with van der Waals surface area (Å²) in [6, 6.07) is 15.2. The number of carboxylic acid groups (broad SMARTS) is 1. The fraction of sp³-hybridized carbons (Fsp3) is 0.0952. The number of carbonyl (C=O) groups is 1. The normalized spacial score (nSPS) is 10.6. The van der Waals surface area contributed by atoms with Gasteiger partial charge >= 0.3 is 5.97 Å². The SMILES string of the molecule is O=C(O)c1cc(NCc2cc(Cl)ccc2OCc2ccc(Cl)cc2Cl)ccc1Cl. The first-order valence-corrected chi connectivity index (χ1v) is 9.96. The Morgan fingerprint density at radius 2 is 1.59 bits per heavy atom. The molecule has 0 aliphatic rings. The molecular formula is C21H15Cl4NO3. The molecule has 0 aliphatic heterocycles. The van der Waals surface area contributed by atoms with Crippen molar-refractivity contribution in [2.24, 2.45) is 0 Å². The van der Waals surface area contributed by atoms with E-state index in [4.69, 9.17) is 51.1 Å². The van der Waals surface area contributed by atoms with Gasteiger partial charge in [-0.25, -0.2) is 4.79 Å². The van der Waals surface area contributed by atoms with Crippen LogP contribution in [0.4, 0.5) is 5.69 Å². The van der Waals surface area contributed by atoms with Crippen molar-refractivity contribution in [2.75, 3.05) is 5.32 Å². The third-order valence-corrected chi connectivity index (χ3v) is 5.25. The molecule has 0 amide bonds. The second kappa shape index (κ2) is 9.59. The average molecular weight is 471 g/mol. The number of benzene rings is 3. The monoisotopic (exact) mass is 469 g/mol. The van der Waals surface area contributed by atoms with E-state index in [1.807, 2.05) is 0 Å². The molecule has 0 bridgehead atoms. The maximum Gasteiger partial charge on any atom is 0.337 e. The molecule has 3 aromatic rings. The number of hydrogen-bond donors (Lipinski definition) is 2. The predicted molar refractivity (Wildman–Crippen MR) is 118 cm³/mol. The van der Waals surface area contributed by atoms with E-state index in [0.29, 0.717) is 33.0 Å². The number of anilines is 1. The first kappa shape index (κ1) is 21.6. The summed E-state index contributed by atoms with van der Waals surface area (Å²) in [6.07, 6.45) is 0. The number of nitrogens with one attached hydrogen (secondary N) is 1. The first-order valence-electron chi connectivity index (χ1n) is 8.45. The Kier molecular flexibility index (Phi) is 7.14. The lowest BCUT2D eigenvalue weighted by Gasteiger charge is -2.14. The maximum atomic E-state index is 11.2. The molecule has 8 heteroatoms. The lowest BCUT2D eigenvalue weighted by atomic mass is 10.1. The van der Waals surface area contributed by atoms with Crippen LogP contribution in [0.15, 0.2) is 54.6 Å². The van der Waals surface area contributed by atoms with Gasteiger partial charge in [-0.2, -0.15) is 0 Å². The van der Waals surface area contributed by atoms with Gasteiger partial charge in [-0.1, -0.05) is 52.5 Å². The van der Waals surface area contributed by atoms with Crippen LogP contribution in [0.2, 0.25) is 20.1 Å².